The smallest absolute Gasteiger partial charge is 0.264 e. The largest absolute Gasteiger partial charge is 0.497 e. The van der Waals surface area contributed by atoms with Crippen LogP contribution < -0.4 is 14.4 Å². The van der Waals surface area contributed by atoms with E-state index in [1.54, 1.807) is 69.5 Å². The topological polar surface area (TPSA) is 96.0 Å². The molecule has 0 heterocycles. The standard InChI is InChI=1S/C30H36ClN3O5S/c1-6-27(30(36)32-7-2)33(19-23-9-8-10-25(18-23)39-5)29(35)20-34(28-16-13-24(31)17-22(28)4)40(37,38)26-14-11-21(3)12-15-26/h8-18,27H,6-7,19-20H2,1-5H3,(H,32,36)/t27-/m0/s1. The number of halogens is 1. The van der Waals surface area contributed by atoms with Crippen LogP contribution in [-0.2, 0) is 26.2 Å². The number of amides is 2. The van der Waals surface area contributed by atoms with Crippen molar-refractivity contribution in [2.24, 2.45) is 0 Å². The van der Waals surface area contributed by atoms with Gasteiger partial charge in [0.05, 0.1) is 17.7 Å². The highest BCUT2D eigenvalue weighted by Gasteiger charge is 2.34. The molecule has 214 valence electrons. The highest BCUT2D eigenvalue weighted by atomic mass is 35.5. The molecular formula is C30H36ClN3O5S. The Morgan fingerprint density at radius 3 is 2.30 bits per heavy atom. The quantitative estimate of drug-likeness (QED) is 0.319. The lowest BCUT2D eigenvalue weighted by molar-refractivity contribution is -0.140. The number of anilines is 1. The first-order chi connectivity index (χ1) is 19.0. The molecular weight excluding hydrogens is 550 g/mol. The average Bonchev–Trinajstić information content (AvgIpc) is 2.92. The van der Waals surface area contributed by atoms with Crippen molar-refractivity contribution in [3.63, 3.8) is 0 Å². The van der Waals surface area contributed by atoms with E-state index in [-0.39, 0.29) is 17.3 Å². The van der Waals surface area contributed by atoms with Crippen LogP contribution in [0.4, 0.5) is 5.69 Å². The van der Waals surface area contributed by atoms with Gasteiger partial charge in [-0.2, -0.15) is 0 Å². The Bertz CT molecular complexity index is 1440. The summed E-state index contributed by atoms with van der Waals surface area (Å²) in [6.07, 6.45) is 0.340. The van der Waals surface area contributed by atoms with Gasteiger partial charge in [-0.05, 0) is 80.8 Å². The molecule has 3 aromatic rings. The molecule has 0 saturated carbocycles. The van der Waals surface area contributed by atoms with Crippen LogP contribution in [0, 0.1) is 13.8 Å². The van der Waals surface area contributed by atoms with Crippen molar-refractivity contribution in [1.29, 1.82) is 0 Å². The van der Waals surface area contributed by atoms with E-state index < -0.39 is 28.5 Å². The minimum absolute atomic E-state index is 0.0513. The SMILES string of the molecule is CCNC(=O)[C@H](CC)N(Cc1cccc(OC)c1)C(=O)CN(c1ccc(Cl)cc1C)S(=O)(=O)c1ccc(C)cc1. The van der Waals surface area contributed by atoms with Crippen molar-refractivity contribution >= 4 is 39.1 Å². The third kappa shape index (κ3) is 7.34. The van der Waals surface area contributed by atoms with E-state index in [2.05, 4.69) is 5.32 Å². The van der Waals surface area contributed by atoms with Crippen LogP contribution >= 0.6 is 11.6 Å². The maximum absolute atomic E-state index is 14.1. The van der Waals surface area contributed by atoms with Gasteiger partial charge in [0.25, 0.3) is 10.0 Å². The van der Waals surface area contributed by atoms with Gasteiger partial charge in [-0.3, -0.25) is 13.9 Å². The van der Waals surface area contributed by atoms with E-state index in [0.717, 1.165) is 15.4 Å². The number of likely N-dealkylation sites (N-methyl/N-ethyl adjacent to an activating group) is 1. The summed E-state index contributed by atoms with van der Waals surface area (Å²) in [4.78, 5) is 28.6. The number of carbonyl (C=O) groups excluding carboxylic acids is 2. The Hall–Kier alpha value is -3.56. The van der Waals surface area contributed by atoms with Gasteiger partial charge < -0.3 is 15.0 Å². The van der Waals surface area contributed by atoms with Gasteiger partial charge in [0.15, 0.2) is 0 Å². The van der Waals surface area contributed by atoms with Crippen LogP contribution in [0.2, 0.25) is 5.02 Å². The second-order valence-corrected chi connectivity index (χ2v) is 11.7. The number of aryl methyl sites for hydroxylation is 2. The Balaban J connectivity index is 2.10. The van der Waals surface area contributed by atoms with Crippen LogP contribution in [0.15, 0.2) is 71.6 Å². The van der Waals surface area contributed by atoms with Crippen molar-refractivity contribution < 1.29 is 22.7 Å². The third-order valence-corrected chi connectivity index (χ3v) is 8.55. The first-order valence-corrected chi connectivity index (χ1v) is 14.9. The molecule has 40 heavy (non-hydrogen) atoms. The fourth-order valence-electron chi connectivity index (χ4n) is 4.43. The zero-order valence-corrected chi connectivity index (χ0v) is 25.1. The zero-order valence-electron chi connectivity index (χ0n) is 23.5. The predicted octanol–water partition coefficient (Wildman–Crippen LogP) is 5.10. The summed E-state index contributed by atoms with van der Waals surface area (Å²) in [6.45, 7) is 7.19. The molecule has 0 bridgehead atoms. The number of sulfonamides is 1. The number of carbonyl (C=O) groups is 2. The first-order valence-electron chi connectivity index (χ1n) is 13.1. The van der Waals surface area contributed by atoms with Crippen molar-refractivity contribution in [2.45, 2.75) is 51.6 Å². The zero-order chi connectivity index (χ0) is 29.4. The van der Waals surface area contributed by atoms with E-state index in [1.807, 2.05) is 19.9 Å². The van der Waals surface area contributed by atoms with Crippen molar-refractivity contribution in [2.75, 3.05) is 24.5 Å². The van der Waals surface area contributed by atoms with Gasteiger partial charge in [0, 0.05) is 18.1 Å². The normalized spacial score (nSPS) is 11.9. The summed E-state index contributed by atoms with van der Waals surface area (Å²) in [5.41, 5.74) is 2.56. The molecule has 3 rings (SSSR count). The molecule has 1 N–H and O–H groups in total. The van der Waals surface area contributed by atoms with E-state index in [9.17, 15) is 18.0 Å². The van der Waals surface area contributed by atoms with Crippen LogP contribution in [0.5, 0.6) is 5.75 Å². The second-order valence-electron chi connectivity index (χ2n) is 9.45. The average molecular weight is 586 g/mol. The summed E-state index contributed by atoms with van der Waals surface area (Å²) < 4.78 is 34.4. The van der Waals surface area contributed by atoms with E-state index in [0.29, 0.717) is 35.0 Å². The number of nitrogens with one attached hydrogen (secondary N) is 1. The fraction of sp³-hybridized carbons (Fsp3) is 0.333. The minimum Gasteiger partial charge on any atom is -0.497 e. The number of hydrogen-bond donors (Lipinski definition) is 1. The molecule has 2 amide bonds. The molecule has 10 heteroatoms. The monoisotopic (exact) mass is 585 g/mol. The highest BCUT2D eigenvalue weighted by Crippen LogP contribution is 2.30. The van der Waals surface area contributed by atoms with Gasteiger partial charge in [-0.1, -0.05) is 48.4 Å². The van der Waals surface area contributed by atoms with Crippen molar-refractivity contribution in [3.05, 3.63) is 88.4 Å². The summed E-state index contributed by atoms with van der Waals surface area (Å²) in [5.74, 6) is -0.223. The number of hydrogen-bond acceptors (Lipinski definition) is 5. The maximum Gasteiger partial charge on any atom is 0.264 e. The van der Waals surface area contributed by atoms with E-state index >= 15 is 0 Å². The summed E-state index contributed by atoms with van der Waals surface area (Å²) >= 11 is 6.17. The molecule has 8 nitrogen and oxygen atoms in total. The molecule has 0 aliphatic rings. The van der Waals surface area contributed by atoms with Crippen molar-refractivity contribution in [1.82, 2.24) is 10.2 Å². The molecule has 3 aromatic carbocycles. The molecule has 0 aromatic heterocycles. The van der Waals surface area contributed by atoms with Crippen LogP contribution in [0.3, 0.4) is 0 Å². The number of ether oxygens (including phenoxy) is 1. The number of rotatable bonds is 12. The minimum atomic E-state index is -4.16. The summed E-state index contributed by atoms with van der Waals surface area (Å²) in [6, 6.07) is 17.7. The van der Waals surface area contributed by atoms with Gasteiger partial charge in [0.1, 0.15) is 18.3 Å². The molecule has 0 saturated heterocycles. The molecule has 0 radical (unpaired) electrons. The molecule has 0 aliphatic carbocycles. The maximum atomic E-state index is 14.1. The van der Waals surface area contributed by atoms with Gasteiger partial charge in [-0.25, -0.2) is 8.42 Å². The number of nitrogens with zero attached hydrogens (tertiary/aromatic N) is 2. The molecule has 0 fully saturated rings. The van der Waals surface area contributed by atoms with E-state index in [4.69, 9.17) is 16.3 Å². The Morgan fingerprint density at radius 2 is 1.70 bits per heavy atom. The lowest BCUT2D eigenvalue weighted by atomic mass is 10.1. The van der Waals surface area contributed by atoms with Gasteiger partial charge in [0.2, 0.25) is 11.8 Å². The number of methoxy groups -OCH3 is 1. The lowest BCUT2D eigenvalue weighted by Crippen LogP contribution is -2.52. The number of benzene rings is 3. The van der Waals surface area contributed by atoms with Crippen molar-refractivity contribution in [3.8, 4) is 5.75 Å². The summed E-state index contributed by atoms with van der Waals surface area (Å²) in [7, 11) is -2.61. The van der Waals surface area contributed by atoms with Gasteiger partial charge >= 0.3 is 0 Å². The Labute approximate surface area is 241 Å². The molecule has 0 unspecified atom stereocenters. The molecule has 0 spiro atoms. The Morgan fingerprint density at radius 1 is 1.00 bits per heavy atom. The highest BCUT2D eigenvalue weighted by molar-refractivity contribution is 7.92. The third-order valence-electron chi connectivity index (χ3n) is 6.54. The van der Waals surface area contributed by atoms with Gasteiger partial charge in [-0.15, -0.1) is 0 Å². The second kappa shape index (κ2) is 13.7. The fourth-order valence-corrected chi connectivity index (χ4v) is 6.13. The van der Waals surface area contributed by atoms with E-state index in [1.165, 1.54) is 17.0 Å². The Kier molecular flexibility index (Phi) is 10.6. The van der Waals surface area contributed by atoms with Crippen LogP contribution in [0.1, 0.15) is 37.0 Å². The summed E-state index contributed by atoms with van der Waals surface area (Å²) in [5, 5.41) is 3.24. The first kappa shape index (κ1) is 31.0. The van der Waals surface area contributed by atoms with Crippen LogP contribution in [0.25, 0.3) is 0 Å². The van der Waals surface area contributed by atoms with Crippen LogP contribution in [-0.4, -0.2) is 51.4 Å². The lowest BCUT2D eigenvalue weighted by Gasteiger charge is -2.33. The molecule has 1 atom stereocenters. The molecule has 0 aliphatic heterocycles. The predicted molar refractivity (Wildman–Crippen MR) is 158 cm³/mol.